The van der Waals surface area contributed by atoms with Gasteiger partial charge in [-0.2, -0.15) is 4.31 Å². The van der Waals surface area contributed by atoms with Gasteiger partial charge in [0.25, 0.3) is 0 Å². The normalized spacial score (nSPS) is 24.3. The zero-order valence-electron chi connectivity index (χ0n) is 13.0. The molecule has 23 heavy (non-hydrogen) atoms. The lowest BCUT2D eigenvalue weighted by molar-refractivity contribution is -0.131. The van der Waals surface area contributed by atoms with E-state index in [4.69, 9.17) is 0 Å². The minimum atomic E-state index is -3.47. The van der Waals surface area contributed by atoms with Crippen molar-refractivity contribution in [3.63, 3.8) is 0 Å². The van der Waals surface area contributed by atoms with E-state index in [2.05, 4.69) is 20.8 Å². The number of rotatable bonds is 3. The third-order valence-electron chi connectivity index (χ3n) is 4.55. The smallest absolute Gasteiger partial charge is 0.243 e. The molecule has 2 fully saturated rings. The lowest BCUT2D eigenvalue weighted by atomic mass is 10.2. The van der Waals surface area contributed by atoms with Crippen molar-refractivity contribution in [2.75, 3.05) is 39.8 Å². The second-order valence-corrected chi connectivity index (χ2v) is 8.82. The second kappa shape index (κ2) is 6.51. The molecule has 0 aliphatic carbocycles. The maximum Gasteiger partial charge on any atom is 0.243 e. The Bertz CT molecular complexity index is 702. The summed E-state index contributed by atoms with van der Waals surface area (Å²) >= 11 is 3.31. The summed E-state index contributed by atoms with van der Waals surface area (Å²) in [5.41, 5.74) is 0. The Balaban J connectivity index is 1.68. The molecule has 1 atom stereocenters. The number of piperazine rings is 1. The van der Waals surface area contributed by atoms with Crippen LogP contribution in [0.25, 0.3) is 0 Å². The molecule has 0 aromatic heterocycles. The number of sulfonamides is 1. The van der Waals surface area contributed by atoms with Crippen LogP contribution in [0.2, 0.25) is 0 Å². The third-order valence-corrected chi connectivity index (χ3v) is 6.93. The van der Waals surface area contributed by atoms with Crippen LogP contribution in [0, 0.1) is 0 Å². The largest absolute Gasteiger partial charge is 0.344 e. The molecule has 1 aromatic rings. The average Bonchev–Trinajstić information content (AvgIpc) is 2.87. The quantitative estimate of drug-likeness (QED) is 0.757. The van der Waals surface area contributed by atoms with Crippen LogP contribution in [0.15, 0.2) is 33.6 Å². The van der Waals surface area contributed by atoms with Crippen molar-refractivity contribution in [3.05, 3.63) is 28.7 Å². The zero-order valence-corrected chi connectivity index (χ0v) is 15.4. The SMILES string of the molecule is CN1CCC(N2CCN(S(=O)(=O)c3cccc(Br)c3)CC2)C1=O. The molecule has 2 aliphatic heterocycles. The van der Waals surface area contributed by atoms with E-state index in [9.17, 15) is 13.2 Å². The van der Waals surface area contributed by atoms with Gasteiger partial charge in [0.05, 0.1) is 10.9 Å². The van der Waals surface area contributed by atoms with Gasteiger partial charge < -0.3 is 4.90 Å². The van der Waals surface area contributed by atoms with Gasteiger partial charge in [-0.05, 0) is 24.6 Å². The molecule has 126 valence electrons. The van der Waals surface area contributed by atoms with Crippen LogP contribution in [0.4, 0.5) is 0 Å². The van der Waals surface area contributed by atoms with E-state index in [1.807, 2.05) is 7.05 Å². The fourth-order valence-corrected chi connectivity index (χ4v) is 5.19. The van der Waals surface area contributed by atoms with Gasteiger partial charge in [-0.15, -0.1) is 0 Å². The molecule has 3 rings (SSSR count). The molecule has 2 heterocycles. The molecular weight excluding hydrogens is 382 g/mol. The molecule has 2 aliphatic rings. The van der Waals surface area contributed by atoms with Gasteiger partial charge in [-0.3, -0.25) is 9.69 Å². The molecule has 0 saturated carbocycles. The Kier molecular flexibility index (Phi) is 4.78. The first-order chi connectivity index (χ1) is 10.9. The summed E-state index contributed by atoms with van der Waals surface area (Å²) in [5, 5.41) is 0. The Hall–Kier alpha value is -0.960. The molecule has 0 radical (unpaired) electrons. The molecule has 8 heteroatoms. The topological polar surface area (TPSA) is 60.9 Å². The highest BCUT2D eigenvalue weighted by Gasteiger charge is 2.37. The molecular formula is C15H20BrN3O3S. The second-order valence-electron chi connectivity index (χ2n) is 5.96. The Morgan fingerprint density at radius 1 is 1.13 bits per heavy atom. The van der Waals surface area contributed by atoms with E-state index in [1.165, 1.54) is 4.31 Å². The summed E-state index contributed by atoms with van der Waals surface area (Å²) in [4.78, 5) is 16.2. The Morgan fingerprint density at radius 2 is 1.83 bits per heavy atom. The summed E-state index contributed by atoms with van der Waals surface area (Å²) in [6.07, 6.45) is 0.827. The first-order valence-corrected chi connectivity index (χ1v) is 9.87. The third kappa shape index (κ3) is 3.31. The van der Waals surface area contributed by atoms with Crippen molar-refractivity contribution in [1.29, 1.82) is 0 Å². The summed E-state index contributed by atoms with van der Waals surface area (Å²) in [6.45, 7) is 2.81. The standard InChI is InChI=1S/C15H20BrN3O3S/c1-17-6-5-14(15(17)20)18-7-9-19(10-8-18)23(21,22)13-4-2-3-12(16)11-13/h2-4,11,14H,5-10H2,1H3. The number of hydrogen-bond donors (Lipinski definition) is 0. The predicted molar refractivity (Wildman–Crippen MR) is 90.5 cm³/mol. The molecule has 0 bridgehead atoms. The van der Waals surface area contributed by atoms with Gasteiger partial charge in [0.15, 0.2) is 0 Å². The van der Waals surface area contributed by atoms with Crippen LogP contribution in [0.5, 0.6) is 0 Å². The van der Waals surface area contributed by atoms with E-state index in [0.29, 0.717) is 31.1 Å². The van der Waals surface area contributed by atoms with Crippen molar-refractivity contribution in [3.8, 4) is 0 Å². The van der Waals surface area contributed by atoms with Crippen molar-refractivity contribution in [2.45, 2.75) is 17.4 Å². The fraction of sp³-hybridized carbons (Fsp3) is 0.533. The van der Waals surface area contributed by atoms with Crippen LogP contribution in [0.1, 0.15) is 6.42 Å². The van der Waals surface area contributed by atoms with Gasteiger partial charge in [0.1, 0.15) is 0 Å². The van der Waals surface area contributed by atoms with Crippen LogP contribution in [0.3, 0.4) is 0 Å². The molecule has 0 N–H and O–H groups in total. The Labute approximate surface area is 145 Å². The lowest BCUT2D eigenvalue weighted by Crippen LogP contribution is -2.53. The highest BCUT2D eigenvalue weighted by molar-refractivity contribution is 9.10. The van der Waals surface area contributed by atoms with Crippen LogP contribution in [-0.2, 0) is 14.8 Å². The van der Waals surface area contributed by atoms with E-state index in [0.717, 1.165) is 17.4 Å². The minimum absolute atomic E-state index is 0.0873. The number of likely N-dealkylation sites (N-methyl/N-ethyl adjacent to an activating group) is 1. The molecule has 2 saturated heterocycles. The van der Waals surface area contributed by atoms with Crippen molar-refractivity contribution in [2.24, 2.45) is 0 Å². The van der Waals surface area contributed by atoms with Gasteiger partial charge in [-0.25, -0.2) is 8.42 Å². The summed E-state index contributed by atoms with van der Waals surface area (Å²) in [7, 11) is -1.66. The summed E-state index contributed by atoms with van der Waals surface area (Å²) in [6, 6.07) is 6.68. The lowest BCUT2D eigenvalue weighted by Gasteiger charge is -2.36. The van der Waals surface area contributed by atoms with E-state index >= 15 is 0 Å². The van der Waals surface area contributed by atoms with Gasteiger partial charge in [-0.1, -0.05) is 22.0 Å². The molecule has 0 spiro atoms. The zero-order chi connectivity index (χ0) is 16.6. The number of hydrogen-bond acceptors (Lipinski definition) is 4. The number of carbonyl (C=O) groups is 1. The number of carbonyl (C=O) groups excluding carboxylic acids is 1. The molecule has 1 unspecified atom stereocenters. The van der Waals surface area contributed by atoms with Gasteiger partial charge in [0.2, 0.25) is 15.9 Å². The van der Waals surface area contributed by atoms with Gasteiger partial charge >= 0.3 is 0 Å². The van der Waals surface area contributed by atoms with Crippen LogP contribution < -0.4 is 0 Å². The number of benzene rings is 1. The maximum absolute atomic E-state index is 12.7. The molecule has 6 nitrogen and oxygen atoms in total. The minimum Gasteiger partial charge on any atom is -0.344 e. The molecule has 1 aromatic carbocycles. The Morgan fingerprint density at radius 3 is 2.39 bits per heavy atom. The van der Waals surface area contributed by atoms with E-state index < -0.39 is 10.0 Å². The van der Waals surface area contributed by atoms with E-state index in [-0.39, 0.29) is 11.9 Å². The first kappa shape index (κ1) is 16.9. The van der Waals surface area contributed by atoms with Crippen molar-refractivity contribution in [1.82, 2.24) is 14.1 Å². The predicted octanol–water partition coefficient (Wildman–Crippen LogP) is 0.986. The number of halogens is 1. The summed E-state index contributed by atoms with van der Waals surface area (Å²) < 4.78 is 27.6. The summed E-state index contributed by atoms with van der Waals surface area (Å²) in [5.74, 6) is 0.147. The van der Waals surface area contributed by atoms with Crippen molar-refractivity contribution < 1.29 is 13.2 Å². The highest BCUT2D eigenvalue weighted by Crippen LogP contribution is 2.23. The van der Waals surface area contributed by atoms with Crippen LogP contribution >= 0.6 is 15.9 Å². The molecule has 1 amide bonds. The fourth-order valence-electron chi connectivity index (χ4n) is 3.17. The number of amides is 1. The van der Waals surface area contributed by atoms with Gasteiger partial charge in [0, 0.05) is 44.2 Å². The number of nitrogens with zero attached hydrogens (tertiary/aromatic N) is 3. The average molecular weight is 402 g/mol. The maximum atomic E-state index is 12.7. The van der Waals surface area contributed by atoms with E-state index in [1.54, 1.807) is 29.2 Å². The van der Waals surface area contributed by atoms with Crippen molar-refractivity contribution >= 4 is 31.9 Å². The number of likely N-dealkylation sites (tertiary alicyclic amines) is 1. The monoisotopic (exact) mass is 401 g/mol. The van der Waals surface area contributed by atoms with Crippen LogP contribution in [-0.4, -0.2) is 74.2 Å². The highest BCUT2D eigenvalue weighted by atomic mass is 79.9. The first-order valence-electron chi connectivity index (χ1n) is 7.64.